The van der Waals surface area contributed by atoms with Gasteiger partial charge in [0.15, 0.2) is 11.5 Å². The van der Waals surface area contributed by atoms with Crippen molar-refractivity contribution < 1.29 is 28.1 Å². The molecule has 1 saturated carbocycles. The highest BCUT2D eigenvalue weighted by atomic mass is 19.1. The molecule has 2 saturated heterocycles. The fourth-order valence-electron chi connectivity index (χ4n) is 6.92. The third-order valence-corrected chi connectivity index (χ3v) is 9.45. The van der Waals surface area contributed by atoms with Crippen LogP contribution in [0.15, 0.2) is 54.6 Å². The van der Waals surface area contributed by atoms with Crippen LogP contribution in [0.4, 0.5) is 10.1 Å². The summed E-state index contributed by atoms with van der Waals surface area (Å²) in [5, 5.41) is 9.15. The molecule has 8 rings (SSSR count). The first-order chi connectivity index (χ1) is 21.8. The number of piperazine rings is 1. The van der Waals surface area contributed by atoms with E-state index in [-0.39, 0.29) is 23.2 Å². The Morgan fingerprint density at radius 2 is 2.02 bits per heavy atom. The molecule has 0 N–H and O–H groups in total. The summed E-state index contributed by atoms with van der Waals surface area (Å²) in [4.78, 5) is 22.1. The molecule has 4 heterocycles. The van der Waals surface area contributed by atoms with Gasteiger partial charge in [-0.3, -0.25) is 4.90 Å². The molecule has 11 heteroatoms. The smallest absolute Gasteiger partial charge is 0.337 e. The van der Waals surface area contributed by atoms with E-state index in [4.69, 9.17) is 29.2 Å². The molecule has 3 unspecified atom stereocenters. The number of ether oxygens (including phenoxy) is 4. The van der Waals surface area contributed by atoms with Crippen molar-refractivity contribution in [2.75, 3.05) is 31.7 Å². The van der Waals surface area contributed by atoms with E-state index >= 15 is 4.39 Å². The van der Waals surface area contributed by atoms with E-state index in [1.54, 1.807) is 25.1 Å². The number of nitrogens with zero attached hydrogens (tertiary/aromatic N) is 5. The molecule has 45 heavy (non-hydrogen) atoms. The van der Waals surface area contributed by atoms with Crippen molar-refractivity contribution in [2.24, 2.45) is 0 Å². The molecule has 4 atom stereocenters. The Labute approximate surface area is 259 Å². The first-order valence-electron chi connectivity index (χ1n) is 15.3. The Bertz CT molecular complexity index is 1880. The van der Waals surface area contributed by atoms with Crippen LogP contribution in [0.1, 0.15) is 47.1 Å². The summed E-state index contributed by atoms with van der Waals surface area (Å²) >= 11 is 0. The van der Waals surface area contributed by atoms with Gasteiger partial charge in [0.1, 0.15) is 11.6 Å². The molecule has 4 aromatic rings. The van der Waals surface area contributed by atoms with Gasteiger partial charge in [-0.1, -0.05) is 6.07 Å². The first kappa shape index (κ1) is 27.9. The Morgan fingerprint density at radius 1 is 1.16 bits per heavy atom. The fraction of sp³-hybridized carbons (Fsp3) is 0.382. The first-order valence-corrected chi connectivity index (χ1v) is 15.3. The summed E-state index contributed by atoms with van der Waals surface area (Å²) < 4.78 is 40.5. The van der Waals surface area contributed by atoms with Crippen LogP contribution < -0.4 is 14.4 Å². The molecule has 3 fully saturated rings. The van der Waals surface area contributed by atoms with Gasteiger partial charge in [0.2, 0.25) is 0 Å². The summed E-state index contributed by atoms with van der Waals surface area (Å²) in [5.41, 5.74) is 3.68. The zero-order chi connectivity index (χ0) is 30.9. The second-order valence-corrected chi connectivity index (χ2v) is 12.2. The number of esters is 1. The average molecular weight is 610 g/mol. The molecule has 3 aliphatic heterocycles. The molecule has 4 aliphatic rings. The maximum atomic E-state index is 15.0. The lowest BCUT2D eigenvalue weighted by Gasteiger charge is -2.36. The quantitative estimate of drug-likeness (QED) is 0.275. The van der Waals surface area contributed by atoms with E-state index in [2.05, 4.69) is 14.4 Å². The Hall–Kier alpha value is -4.66. The Kier molecular flexibility index (Phi) is 6.48. The number of anilines is 1. The monoisotopic (exact) mass is 609 g/mol. The molecule has 3 aromatic carbocycles. The van der Waals surface area contributed by atoms with Crippen LogP contribution in [-0.4, -0.2) is 65.4 Å². The normalized spacial score (nSPS) is 25.0. The molecule has 230 valence electrons. The number of halogens is 1. The van der Waals surface area contributed by atoms with E-state index in [0.29, 0.717) is 42.2 Å². The number of hydrogen-bond donors (Lipinski definition) is 0. The van der Waals surface area contributed by atoms with Crippen molar-refractivity contribution in [3.05, 3.63) is 82.9 Å². The van der Waals surface area contributed by atoms with Gasteiger partial charge < -0.3 is 28.4 Å². The van der Waals surface area contributed by atoms with Crippen LogP contribution >= 0.6 is 0 Å². The van der Waals surface area contributed by atoms with Gasteiger partial charge in [0, 0.05) is 38.7 Å². The van der Waals surface area contributed by atoms with Gasteiger partial charge in [0.05, 0.1) is 65.8 Å². The molecule has 10 nitrogen and oxygen atoms in total. The number of nitriles is 1. The standard InChI is InChI=1S/C34H32FN5O5/c1-34(23-8-6-20(17-36)14-24(23)35)44-30-5-3-4-26(32(30)45-34)39-12-11-38(28-16-29(28)39)19-31-37-25-9-7-21(33(41)42-2)15-27(25)40(31)18-22-10-13-43-22/h3-9,14-15,22,28-29H,10-13,16,18-19H2,1-2H3/t22-,28?,29?,34?/m0/s1. The predicted molar refractivity (Wildman–Crippen MR) is 162 cm³/mol. The maximum absolute atomic E-state index is 15.0. The van der Waals surface area contributed by atoms with Gasteiger partial charge in [-0.05, 0) is 61.4 Å². The zero-order valence-corrected chi connectivity index (χ0v) is 25.0. The number of carbonyl (C=O) groups excluding carboxylic acids is 1. The van der Waals surface area contributed by atoms with E-state index < -0.39 is 11.6 Å². The number of rotatable bonds is 7. The topological polar surface area (TPSA) is 102 Å². The lowest BCUT2D eigenvalue weighted by molar-refractivity contribution is -0.0705. The average Bonchev–Trinajstić information content (AvgIpc) is 3.65. The Balaban J connectivity index is 1.03. The predicted octanol–water partition coefficient (Wildman–Crippen LogP) is 4.73. The lowest BCUT2D eigenvalue weighted by Crippen LogP contribution is -2.46. The fourth-order valence-corrected chi connectivity index (χ4v) is 6.92. The van der Waals surface area contributed by atoms with E-state index in [1.807, 2.05) is 36.4 Å². The maximum Gasteiger partial charge on any atom is 0.337 e. The molecule has 0 amide bonds. The van der Waals surface area contributed by atoms with Gasteiger partial charge in [-0.2, -0.15) is 5.26 Å². The van der Waals surface area contributed by atoms with Crippen LogP contribution in [0, 0.1) is 17.1 Å². The number of benzene rings is 3. The number of carbonyl (C=O) groups is 1. The van der Waals surface area contributed by atoms with Crippen LogP contribution in [-0.2, 0) is 28.4 Å². The molecule has 1 aliphatic carbocycles. The number of para-hydroxylation sites is 1. The lowest BCUT2D eigenvalue weighted by atomic mass is 10.0. The summed E-state index contributed by atoms with van der Waals surface area (Å²) in [6, 6.07) is 18.3. The Morgan fingerprint density at radius 3 is 2.78 bits per heavy atom. The third kappa shape index (κ3) is 4.67. The van der Waals surface area contributed by atoms with E-state index in [0.717, 1.165) is 55.1 Å². The molecule has 1 aromatic heterocycles. The van der Waals surface area contributed by atoms with Gasteiger partial charge in [-0.15, -0.1) is 0 Å². The van der Waals surface area contributed by atoms with Crippen molar-refractivity contribution in [1.82, 2.24) is 14.5 Å². The summed E-state index contributed by atoms with van der Waals surface area (Å²) in [6.07, 6.45) is 2.15. The van der Waals surface area contributed by atoms with Gasteiger partial charge in [-0.25, -0.2) is 14.2 Å². The minimum atomic E-state index is -1.35. The minimum Gasteiger partial charge on any atom is -0.465 e. The zero-order valence-electron chi connectivity index (χ0n) is 25.0. The van der Waals surface area contributed by atoms with Crippen molar-refractivity contribution in [3.63, 3.8) is 0 Å². The largest absolute Gasteiger partial charge is 0.465 e. The number of hydrogen-bond acceptors (Lipinski definition) is 9. The van der Waals surface area contributed by atoms with E-state index in [9.17, 15) is 4.79 Å². The molecule has 0 bridgehead atoms. The summed E-state index contributed by atoms with van der Waals surface area (Å²) in [7, 11) is 1.39. The molecular weight excluding hydrogens is 577 g/mol. The van der Waals surface area contributed by atoms with Crippen LogP contribution in [0.5, 0.6) is 11.5 Å². The van der Waals surface area contributed by atoms with Crippen molar-refractivity contribution in [3.8, 4) is 17.6 Å². The highest BCUT2D eigenvalue weighted by Crippen LogP contribution is 2.52. The SMILES string of the molecule is COC(=O)c1ccc2nc(CN3CCN(c4cccc5c4OC(C)(c4ccc(C#N)cc4F)O5)C4CC43)n(C[C@@H]3CCO3)c2c1. The highest BCUT2D eigenvalue weighted by molar-refractivity contribution is 5.93. The number of methoxy groups -OCH3 is 1. The second-order valence-electron chi connectivity index (χ2n) is 12.2. The number of aromatic nitrogens is 2. The van der Waals surface area contributed by atoms with Crippen LogP contribution in [0.25, 0.3) is 11.0 Å². The summed E-state index contributed by atoms with van der Waals surface area (Å²) in [5.74, 6) is -0.133. The van der Waals surface area contributed by atoms with Crippen molar-refractivity contribution in [2.45, 2.75) is 56.8 Å². The van der Waals surface area contributed by atoms with Crippen molar-refractivity contribution in [1.29, 1.82) is 5.26 Å². The highest BCUT2D eigenvalue weighted by Gasteiger charge is 2.51. The summed E-state index contributed by atoms with van der Waals surface area (Å²) in [6.45, 7) is 5.45. The number of fused-ring (bicyclic) bond motifs is 3. The van der Waals surface area contributed by atoms with Crippen molar-refractivity contribution >= 4 is 22.7 Å². The minimum absolute atomic E-state index is 0.138. The van der Waals surface area contributed by atoms with Gasteiger partial charge >= 0.3 is 5.97 Å². The molecular formula is C34H32FN5O5. The van der Waals surface area contributed by atoms with Crippen LogP contribution in [0.3, 0.4) is 0 Å². The number of imidazole rings is 1. The van der Waals surface area contributed by atoms with Crippen LogP contribution in [0.2, 0.25) is 0 Å². The molecule has 0 radical (unpaired) electrons. The van der Waals surface area contributed by atoms with Gasteiger partial charge in [0.25, 0.3) is 5.79 Å². The second kappa shape index (κ2) is 10.5. The van der Waals surface area contributed by atoms with E-state index in [1.165, 1.54) is 13.2 Å². The third-order valence-electron chi connectivity index (χ3n) is 9.45. The molecule has 0 spiro atoms.